The molecular weight excluding hydrogens is 204 g/mol. The molecule has 0 spiro atoms. The Labute approximate surface area is 98.1 Å². The second-order valence-electron chi connectivity index (χ2n) is 4.51. The van der Waals surface area contributed by atoms with E-state index in [1.54, 1.807) is 7.11 Å². The highest BCUT2D eigenvalue weighted by Crippen LogP contribution is 2.08. The Balaban J connectivity index is 2.23. The first-order chi connectivity index (χ1) is 7.76. The molecule has 1 rings (SSSR count). The highest BCUT2D eigenvalue weighted by Gasteiger charge is 2.19. The summed E-state index contributed by atoms with van der Waals surface area (Å²) in [5.74, 6) is 0.148. The van der Waals surface area contributed by atoms with E-state index in [2.05, 4.69) is 17.6 Å². The Hall–Kier alpha value is -0.610. The van der Waals surface area contributed by atoms with Gasteiger partial charge in [-0.2, -0.15) is 0 Å². The Bertz CT molecular complexity index is 197. The standard InChI is InChI=1S/C12H24N2O2/c1-3-5-11(9-16-2)14-12(15)8-10-6-4-7-13-10/h10-11,13H,3-9H2,1-2H3,(H,14,15). The van der Waals surface area contributed by atoms with Gasteiger partial charge >= 0.3 is 0 Å². The molecule has 0 bridgehead atoms. The molecule has 4 nitrogen and oxygen atoms in total. The highest BCUT2D eigenvalue weighted by atomic mass is 16.5. The van der Waals surface area contributed by atoms with E-state index >= 15 is 0 Å². The molecule has 0 radical (unpaired) electrons. The number of carbonyl (C=O) groups excluding carboxylic acids is 1. The second kappa shape index (κ2) is 7.63. The van der Waals surface area contributed by atoms with Crippen molar-refractivity contribution >= 4 is 5.91 Å². The number of rotatable bonds is 7. The van der Waals surface area contributed by atoms with Crippen molar-refractivity contribution in [2.45, 2.75) is 51.1 Å². The number of amides is 1. The fourth-order valence-corrected chi connectivity index (χ4v) is 2.19. The molecule has 1 amide bonds. The number of methoxy groups -OCH3 is 1. The summed E-state index contributed by atoms with van der Waals surface area (Å²) < 4.78 is 5.10. The van der Waals surface area contributed by atoms with Crippen molar-refractivity contribution in [1.82, 2.24) is 10.6 Å². The molecule has 16 heavy (non-hydrogen) atoms. The van der Waals surface area contributed by atoms with Crippen LogP contribution in [0.1, 0.15) is 39.0 Å². The predicted molar refractivity (Wildman–Crippen MR) is 64.4 cm³/mol. The van der Waals surface area contributed by atoms with E-state index in [1.807, 2.05) is 0 Å². The van der Waals surface area contributed by atoms with Crippen LogP contribution in [0.15, 0.2) is 0 Å². The molecule has 0 saturated carbocycles. The summed E-state index contributed by atoms with van der Waals surface area (Å²) in [6, 6.07) is 0.550. The quantitative estimate of drug-likeness (QED) is 0.685. The first kappa shape index (κ1) is 13.5. The summed E-state index contributed by atoms with van der Waals surface area (Å²) in [4.78, 5) is 11.8. The third-order valence-electron chi connectivity index (χ3n) is 2.96. The number of hydrogen-bond donors (Lipinski definition) is 2. The molecule has 94 valence electrons. The van der Waals surface area contributed by atoms with Gasteiger partial charge in [0.25, 0.3) is 0 Å². The van der Waals surface area contributed by atoms with Gasteiger partial charge in [-0.15, -0.1) is 0 Å². The van der Waals surface area contributed by atoms with Crippen LogP contribution >= 0.6 is 0 Å². The van der Waals surface area contributed by atoms with Gasteiger partial charge in [0.1, 0.15) is 0 Å². The van der Waals surface area contributed by atoms with Crippen LogP contribution in [0, 0.1) is 0 Å². The summed E-state index contributed by atoms with van der Waals surface area (Å²) in [7, 11) is 1.67. The number of carbonyl (C=O) groups is 1. The average Bonchev–Trinajstić information content (AvgIpc) is 2.71. The monoisotopic (exact) mass is 228 g/mol. The van der Waals surface area contributed by atoms with Gasteiger partial charge in [-0.3, -0.25) is 4.79 Å². The minimum atomic E-state index is 0.148. The molecule has 2 atom stereocenters. The summed E-state index contributed by atoms with van der Waals surface area (Å²) in [5, 5.41) is 6.37. The zero-order chi connectivity index (χ0) is 11.8. The lowest BCUT2D eigenvalue weighted by Crippen LogP contribution is -2.40. The van der Waals surface area contributed by atoms with Gasteiger partial charge in [0, 0.05) is 19.6 Å². The molecule has 1 fully saturated rings. The third kappa shape index (κ3) is 4.94. The Kier molecular flexibility index (Phi) is 6.42. The van der Waals surface area contributed by atoms with E-state index in [0.29, 0.717) is 19.1 Å². The van der Waals surface area contributed by atoms with E-state index in [4.69, 9.17) is 4.74 Å². The smallest absolute Gasteiger partial charge is 0.221 e. The van der Waals surface area contributed by atoms with Crippen molar-refractivity contribution in [3.05, 3.63) is 0 Å². The van der Waals surface area contributed by atoms with Gasteiger partial charge in [0.2, 0.25) is 5.91 Å². The van der Waals surface area contributed by atoms with Crippen molar-refractivity contribution < 1.29 is 9.53 Å². The van der Waals surface area contributed by atoms with Crippen LogP contribution in [-0.2, 0) is 9.53 Å². The maximum atomic E-state index is 11.8. The van der Waals surface area contributed by atoms with E-state index in [-0.39, 0.29) is 11.9 Å². The largest absolute Gasteiger partial charge is 0.383 e. The Morgan fingerprint density at radius 3 is 3.00 bits per heavy atom. The zero-order valence-electron chi connectivity index (χ0n) is 10.4. The maximum absolute atomic E-state index is 11.8. The van der Waals surface area contributed by atoms with Crippen LogP contribution < -0.4 is 10.6 Å². The Morgan fingerprint density at radius 2 is 2.44 bits per heavy atom. The van der Waals surface area contributed by atoms with E-state index in [0.717, 1.165) is 25.8 Å². The Morgan fingerprint density at radius 1 is 1.62 bits per heavy atom. The molecule has 1 aliphatic heterocycles. The predicted octanol–water partition coefficient (Wildman–Crippen LogP) is 1.06. The second-order valence-corrected chi connectivity index (χ2v) is 4.51. The third-order valence-corrected chi connectivity index (χ3v) is 2.96. The lowest BCUT2D eigenvalue weighted by atomic mass is 10.1. The number of nitrogens with one attached hydrogen (secondary N) is 2. The maximum Gasteiger partial charge on any atom is 0.221 e. The molecule has 4 heteroatoms. The molecule has 1 heterocycles. The van der Waals surface area contributed by atoms with Crippen LogP contribution in [0.4, 0.5) is 0 Å². The van der Waals surface area contributed by atoms with Crippen LogP contribution in [0.25, 0.3) is 0 Å². The van der Waals surface area contributed by atoms with Gasteiger partial charge in [0.05, 0.1) is 12.6 Å². The molecular formula is C12H24N2O2. The van der Waals surface area contributed by atoms with Crippen LogP contribution in [0.2, 0.25) is 0 Å². The topological polar surface area (TPSA) is 50.4 Å². The van der Waals surface area contributed by atoms with Gasteiger partial charge in [-0.05, 0) is 25.8 Å². The summed E-state index contributed by atoms with van der Waals surface area (Å²) in [5.41, 5.74) is 0. The van der Waals surface area contributed by atoms with Crippen molar-refractivity contribution in [1.29, 1.82) is 0 Å². The van der Waals surface area contributed by atoms with Crippen molar-refractivity contribution in [2.75, 3.05) is 20.3 Å². The van der Waals surface area contributed by atoms with Crippen LogP contribution in [-0.4, -0.2) is 38.3 Å². The van der Waals surface area contributed by atoms with Crippen molar-refractivity contribution in [3.8, 4) is 0 Å². The summed E-state index contributed by atoms with van der Waals surface area (Å²) in [6.07, 6.45) is 4.96. The van der Waals surface area contributed by atoms with Gasteiger partial charge in [-0.25, -0.2) is 0 Å². The van der Waals surface area contributed by atoms with Gasteiger partial charge in [-0.1, -0.05) is 13.3 Å². The van der Waals surface area contributed by atoms with Gasteiger partial charge < -0.3 is 15.4 Å². The van der Waals surface area contributed by atoms with Crippen molar-refractivity contribution in [3.63, 3.8) is 0 Å². The molecule has 0 aromatic carbocycles. The first-order valence-corrected chi connectivity index (χ1v) is 6.28. The molecule has 0 aliphatic carbocycles. The van der Waals surface area contributed by atoms with E-state index < -0.39 is 0 Å². The molecule has 1 aliphatic rings. The average molecular weight is 228 g/mol. The van der Waals surface area contributed by atoms with Crippen LogP contribution in [0.5, 0.6) is 0 Å². The first-order valence-electron chi connectivity index (χ1n) is 6.28. The minimum absolute atomic E-state index is 0.148. The lowest BCUT2D eigenvalue weighted by Gasteiger charge is -2.18. The molecule has 0 aromatic heterocycles. The van der Waals surface area contributed by atoms with Gasteiger partial charge in [0.15, 0.2) is 0 Å². The zero-order valence-corrected chi connectivity index (χ0v) is 10.4. The fourth-order valence-electron chi connectivity index (χ4n) is 2.19. The minimum Gasteiger partial charge on any atom is -0.383 e. The van der Waals surface area contributed by atoms with Crippen molar-refractivity contribution in [2.24, 2.45) is 0 Å². The lowest BCUT2D eigenvalue weighted by molar-refractivity contribution is -0.122. The normalized spacial score (nSPS) is 22.0. The van der Waals surface area contributed by atoms with Crippen LogP contribution in [0.3, 0.4) is 0 Å². The molecule has 2 unspecified atom stereocenters. The fraction of sp³-hybridized carbons (Fsp3) is 0.917. The molecule has 0 aromatic rings. The van der Waals surface area contributed by atoms with E-state index in [1.165, 1.54) is 6.42 Å². The molecule has 2 N–H and O–H groups in total. The SMILES string of the molecule is CCCC(COC)NC(=O)CC1CCCN1. The molecule has 1 saturated heterocycles. The van der Waals surface area contributed by atoms with E-state index in [9.17, 15) is 4.79 Å². The summed E-state index contributed by atoms with van der Waals surface area (Å²) in [6.45, 7) is 3.78. The summed E-state index contributed by atoms with van der Waals surface area (Å²) >= 11 is 0. The number of ether oxygens (including phenoxy) is 1. The number of hydrogen-bond acceptors (Lipinski definition) is 3. The highest BCUT2D eigenvalue weighted by molar-refractivity contribution is 5.76.